The predicted molar refractivity (Wildman–Crippen MR) is 107 cm³/mol. The molecule has 1 aromatic rings. The number of nitrogens with one attached hydrogen (secondary N) is 1. The van der Waals surface area contributed by atoms with Crippen molar-refractivity contribution in [3.8, 4) is 0 Å². The molecule has 0 atom stereocenters. The van der Waals surface area contributed by atoms with Crippen LogP contribution in [0.1, 0.15) is 5.56 Å². The van der Waals surface area contributed by atoms with E-state index in [4.69, 9.17) is 4.74 Å². The average Bonchev–Trinajstić information content (AvgIpc) is 2.96. The van der Waals surface area contributed by atoms with Crippen molar-refractivity contribution in [2.45, 2.75) is 0 Å². The van der Waals surface area contributed by atoms with Crippen molar-refractivity contribution in [3.63, 3.8) is 0 Å². The Balaban J connectivity index is 1.27. The highest BCUT2D eigenvalue weighted by Crippen LogP contribution is 2.19. The van der Waals surface area contributed by atoms with Gasteiger partial charge in [0.1, 0.15) is 5.71 Å². The van der Waals surface area contributed by atoms with Crippen molar-refractivity contribution < 1.29 is 9.53 Å². The molecule has 7 heteroatoms. The van der Waals surface area contributed by atoms with Crippen LogP contribution in [0.25, 0.3) is 6.08 Å². The second-order valence-corrected chi connectivity index (χ2v) is 7.12. The van der Waals surface area contributed by atoms with Crippen molar-refractivity contribution in [1.29, 1.82) is 0 Å². The second kappa shape index (κ2) is 8.65. The molecule has 0 saturated carbocycles. The Morgan fingerprint density at radius 1 is 0.963 bits per heavy atom. The first-order chi connectivity index (χ1) is 13.3. The Morgan fingerprint density at radius 3 is 2.44 bits per heavy atom. The molecule has 3 heterocycles. The highest BCUT2D eigenvalue weighted by Gasteiger charge is 2.24. The number of morpholine rings is 1. The summed E-state index contributed by atoms with van der Waals surface area (Å²) in [5, 5.41) is 4.31. The Morgan fingerprint density at radius 2 is 1.67 bits per heavy atom. The molecule has 2 saturated heterocycles. The molecule has 0 spiro atoms. The van der Waals surface area contributed by atoms with Gasteiger partial charge in [0, 0.05) is 52.4 Å². The van der Waals surface area contributed by atoms with Crippen LogP contribution in [0.3, 0.4) is 0 Å². The van der Waals surface area contributed by atoms with Gasteiger partial charge in [0.15, 0.2) is 0 Å². The van der Waals surface area contributed by atoms with Crippen LogP contribution in [-0.4, -0.2) is 91.9 Å². The molecule has 2 fully saturated rings. The number of anilines is 1. The van der Waals surface area contributed by atoms with E-state index in [1.54, 1.807) is 0 Å². The third-order valence-electron chi connectivity index (χ3n) is 5.39. The molecule has 0 aromatic heterocycles. The van der Waals surface area contributed by atoms with Crippen molar-refractivity contribution in [2.75, 3.05) is 71.0 Å². The van der Waals surface area contributed by atoms with Gasteiger partial charge in [0.25, 0.3) is 5.91 Å². The molecule has 3 aliphatic rings. The average molecular weight is 369 g/mol. The van der Waals surface area contributed by atoms with Gasteiger partial charge in [0.2, 0.25) is 0 Å². The van der Waals surface area contributed by atoms with Crippen LogP contribution < -0.4 is 5.43 Å². The lowest BCUT2D eigenvalue weighted by Gasteiger charge is -2.36. The lowest BCUT2D eigenvalue weighted by molar-refractivity contribution is -0.125. The van der Waals surface area contributed by atoms with Gasteiger partial charge in [-0.05, 0) is 17.7 Å². The van der Waals surface area contributed by atoms with E-state index in [1.807, 2.05) is 41.3 Å². The van der Waals surface area contributed by atoms with Crippen LogP contribution in [0.2, 0.25) is 0 Å². The summed E-state index contributed by atoms with van der Waals surface area (Å²) in [6, 6.07) is 7.91. The summed E-state index contributed by atoms with van der Waals surface area (Å²) in [7, 11) is 0. The van der Waals surface area contributed by atoms with Crippen molar-refractivity contribution in [2.24, 2.45) is 5.10 Å². The monoisotopic (exact) mass is 369 g/mol. The zero-order valence-corrected chi connectivity index (χ0v) is 15.6. The molecular formula is C20H27N5O2. The first-order valence-corrected chi connectivity index (χ1v) is 9.72. The summed E-state index contributed by atoms with van der Waals surface area (Å²) in [5.74, 6) is -0.000569. The van der Waals surface area contributed by atoms with E-state index in [1.165, 1.54) is 0 Å². The zero-order valence-electron chi connectivity index (χ0n) is 15.6. The quantitative estimate of drug-likeness (QED) is 0.857. The third kappa shape index (κ3) is 4.55. The molecule has 1 aromatic carbocycles. The number of benzene rings is 1. The molecule has 144 valence electrons. The van der Waals surface area contributed by atoms with E-state index in [0.717, 1.165) is 76.8 Å². The van der Waals surface area contributed by atoms with Crippen LogP contribution in [0.5, 0.6) is 0 Å². The normalized spacial score (nSPS) is 21.2. The van der Waals surface area contributed by atoms with Crippen molar-refractivity contribution >= 4 is 23.4 Å². The minimum Gasteiger partial charge on any atom is -0.379 e. The number of rotatable bonds is 4. The topological polar surface area (TPSA) is 60.4 Å². The fourth-order valence-corrected chi connectivity index (χ4v) is 3.63. The Bertz CT molecular complexity index is 719. The lowest BCUT2D eigenvalue weighted by atomic mass is 10.1. The van der Waals surface area contributed by atoms with E-state index < -0.39 is 0 Å². The van der Waals surface area contributed by atoms with Crippen LogP contribution in [0, 0.1) is 0 Å². The largest absolute Gasteiger partial charge is 0.379 e. The molecule has 3 aliphatic heterocycles. The molecular weight excluding hydrogens is 342 g/mol. The number of ether oxygens (including phenoxy) is 1. The predicted octanol–water partition coefficient (Wildman–Crippen LogP) is 0.958. The lowest BCUT2D eigenvalue weighted by Crippen LogP contribution is -2.52. The van der Waals surface area contributed by atoms with Crippen molar-refractivity contribution in [3.05, 3.63) is 35.9 Å². The summed E-state index contributed by atoms with van der Waals surface area (Å²) in [6.45, 7) is 9.21. The number of hydrogen-bond donors (Lipinski definition) is 1. The fourth-order valence-electron chi connectivity index (χ4n) is 3.63. The number of fused-ring (bicyclic) bond motifs is 1. The SMILES string of the molecule is O=C(C1=NNc2ccccc2C=C1)N1CCN(CCN2CCOCC2)CC1. The van der Waals surface area contributed by atoms with Gasteiger partial charge in [-0.1, -0.05) is 24.3 Å². The van der Waals surface area contributed by atoms with E-state index >= 15 is 0 Å². The highest BCUT2D eigenvalue weighted by molar-refractivity contribution is 6.44. The Kier molecular flexibility index (Phi) is 5.81. The molecule has 0 unspecified atom stereocenters. The van der Waals surface area contributed by atoms with Crippen LogP contribution >= 0.6 is 0 Å². The maximum Gasteiger partial charge on any atom is 0.274 e. The summed E-state index contributed by atoms with van der Waals surface area (Å²) < 4.78 is 5.40. The van der Waals surface area contributed by atoms with Crippen molar-refractivity contribution in [1.82, 2.24) is 14.7 Å². The van der Waals surface area contributed by atoms with Gasteiger partial charge in [-0.2, -0.15) is 5.10 Å². The van der Waals surface area contributed by atoms with E-state index in [2.05, 4.69) is 20.3 Å². The van der Waals surface area contributed by atoms with Crippen LogP contribution in [0.15, 0.2) is 35.4 Å². The first-order valence-electron chi connectivity index (χ1n) is 9.72. The smallest absolute Gasteiger partial charge is 0.274 e. The Labute approximate surface area is 160 Å². The van der Waals surface area contributed by atoms with Crippen LogP contribution in [-0.2, 0) is 9.53 Å². The van der Waals surface area contributed by atoms with E-state index in [-0.39, 0.29) is 5.91 Å². The van der Waals surface area contributed by atoms with Gasteiger partial charge < -0.3 is 9.64 Å². The maximum absolute atomic E-state index is 12.8. The van der Waals surface area contributed by atoms with Gasteiger partial charge in [0.05, 0.1) is 18.9 Å². The molecule has 0 bridgehead atoms. The number of carbonyl (C=O) groups excluding carboxylic acids is 1. The molecule has 1 N–H and O–H groups in total. The Hall–Kier alpha value is -2.22. The first kappa shape index (κ1) is 18.2. The standard InChI is InChI=1S/C20H27N5O2/c26-20(19-6-5-17-3-1-2-4-18(17)21-22-19)25-11-9-23(10-12-25)7-8-24-13-15-27-16-14-24/h1-6,21H,7-16H2. The molecule has 27 heavy (non-hydrogen) atoms. The zero-order chi connectivity index (χ0) is 18.5. The number of nitrogens with zero attached hydrogens (tertiary/aromatic N) is 4. The molecule has 0 aliphatic carbocycles. The molecule has 7 nitrogen and oxygen atoms in total. The van der Waals surface area contributed by atoms with E-state index in [9.17, 15) is 4.79 Å². The van der Waals surface area contributed by atoms with Gasteiger partial charge in [-0.25, -0.2) is 0 Å². The number of amides is 1. The van der Waals surface area contributed by atoms with Gasteiger partial charge >= 0.3 is 0 Å². The van der Waals surface area contributed by atoms with Crippen LogP contribution in [0.4, 0.5) is 5.69 Å². The summed E-state index contributed by atoms with van der Waals surface area (Å²) >= 11 is 0. The minimum absolute atomic E-state index is 0.000569. The van der Waals surface area contributed by atoms with E-state index in [0.29, 0.717) is 5.71 Å². The summed E-state index contributed by atoms with van der Waals surface area (Å²) in [6.07, 6.45) is 3.76. The highest BCUT2D eigenvalue weighted by atomic mass is 16.5. The minimum atomic E-state index is -0.000569. The van der Waals surface area contributed by atoms with Gasteiger partial charge in [-0.15, -0.1) is 0 Å². The maximum atomic E-state index is 12.8. The number of carbonyl (C=O) groups is 1. The number of hydrazone groups is 1. The molecule has 0 radical (unpaired) electrons. The summed E-state index contributed by atoms with van der Waals surface area (Å²) in [5.41, 5.74) is 5.44. The molecule has 1 amide bonds. The number of para-hydroxylation sites is 1. The number of hydrogen-bond acceptors (Lipinski definition) is 6. The summed E-state index contributed by atoms with van der Waals surface area (Å²) in [4.78, 5) is 19.6. The molecule has 4 rings (SSSR count). The fraction of sp³-hybridized carbons (Fsp3) is 0.500. The second-order valence-electron chi connectivity index (χ2n) is 7.12. The third-order valence-corrected chi connectivity index (χ3v) is 5.39. The van der Waals surface area contributed by atoms with Gasteiger partial charge in [-0.3, -0.25) is 20.0 Å². The number of piperazine rings is 1.